The number of amides is 1. The monoisotopic (exact) mass is 333 g/mol. The molecule has 3 rings (SSSR count). The Balaban J connectivity index is 1.61. The number of halogens is 1. The molecule has 0 aliphatic carbocycles. The Hall–Kier alpha value is -1.79. The molecule has 1 aromatic carbocycles. The number of piperidine rings is 1. The molecule has 2 heterocycles. The van der Waals surface area contributed by atoms with Gasteiger partial charge in [-0.3, -0.25) is 4.79 Å². The molecule has 1 fully saturated rings. The average Bonchev–Trinajstić information content (AvgIpc) is 2.98. The molecule has 0 spiro atoms. The summed E-state index contributed by atoms with van der Waals surface area (Å²) in [5.74, 6) is 0.191. The van der Waals surface area contributed by atoms with E-state index in [1.807, 2.05) is 11.4 Å². The number of rotatable bonds is 4. The van der Waals surface area contributed by atoms with Crippen molar-refractivity contribution in [2.24, 2.45) is 5.92 Å². The van der Waals surface area contributed by atoms with E-state index in [4.69, 9.17) is 0 Å². The van der Waals surface area contributed by atoms with Crippen molar-refractivity contribution in [1.82, 2.24) is 15.6 Å². The first-order chi connectivity index (χ1) is 11.1. The fourth-order valence-corrected chi connectivity index (χ4v) is 3.56. The Morgan fingerprint density at radius 3 is 3.17 bits per heavy atom. The predicted octanol–water partition coefficient (Wildman–Crippen LogP) is 2.61. The highest BCUT2D eigenvalue weighted by Gasteiger charge is 2.22. The van der Waals surface area contributed by atoms with Crippen molar-refractivity contribution in [3.8, 4) is 10.6 Å². The van der Waals surface area contributed by atoms with E-state index in [0.29, 0.717) is 5.92 Å². The molecule has 4 nitrogen and oxygen atoms in total. The molecule has 1 aliphatic heterocycles. The maximum absolute atomic E-state index is 13.3. The van der Waals surface area contributed by atoms with Crippen molar-refractivity contribution in [2.75, 3.05) is 13.1 Å². The molecule has 0 radical (unpaired) electrons. The van der Waals surface area contributed by atoms with Gasteiger partial charge in [0.1, 0.15) is 10.8 Å². The molecule has 2 unspecified atom stereocenters. The van der Waals surface area contributed by atoms with Crippen molar-refractivity contribution in [3.63, 3.8) is 0 Å². The van der Waals surface area contributed by atoms with Crippen LogP contribution in [0.15, 0.2) is 29.6 Å². The highest BCUT2D eigenvalue weighted by atomic mass is 32.1. The molecular weight excluding hydrogens is 313 g/mol. The summed E-state index contributed by atoms with van der Waals surface area (Å²) in [5, 5.41) is 8.98. The minimum atomic E-state index is -0.282. The van der Waals surface area contributed by atoms with Gasteiger partial charge in [0.05, 0.1) is 12.1 Å². The Morgan fingerprint density at radius 1 is 1.52 bits per heavy atom. The van der Waals surface area contributed by atoms with E-state index in [9.17, 15) is 9.18 Å². The Kier molecular flexibility index (Phi) is 5.03. The van der Waals surface area contributed by atoms with Crippen LogP contribution in [0.1, 0.15) is 19.0 Å². The summed E-state index contributed by atoms with van der Waals surface area (Å²) in [7, 11) is 0. The average molecular weight is 333 g/mol. The summed E-state index contributed by atoms with van der Waals surface area (Å²) in [6.07, 6.45) is 1.33. The Bertz CT molecular complexity index is 688. The third kappa shape index (κ3) is 4.14. The molecule has 1 saturated heterocycles. The number of aromatic nitrogens is 1. The molecule has 23 heavy (non-hydrogen) atoms. The van der Waals surface area contributed by atoms with Crippen LogP contribution in [0.4, 0.5) is 4.39 Å². The zero-order chi connectivity index (χ0) is 16.2. The summed E-state index contributed by atoms with van der Waals surface area (Å²) in [6, 6.07) is 6.53. The van der Waals surface area contributed by atoms with Crippen LogP contribution in [0.2, 0.25) is 0 Å². The minimum Gasteiger partial charge on any atom is -0.351 e. The van der Waals surface area contributed by atoms with Crippen molar-refractivity contribution in [1.29, 1.82) is 0 Å². The van der Waals surface area contributed by atoms with Crippen LogP contribution in [0.5, 0.6) is 0 Å². The molecule has 1 aliphatic rings. The molecule has 1 aromatic heterocycles. The van der Waals surface area contributed by atoms with E-state index in [-0.39, 0.29) is 24.2 Å². The van der Waals surface area contributed by atoms with Gasteiger partial charge in [0.15, 0.2) is 0 Å². The highest BCUT2D eigenvalue weighted by molar-refractivity contribution is 7.13. The summed E-state index contributed by atoms with van der Waals surface area (Å²) < 4.78 is 13.3. The fourth-order valence-electron chi connectivity index (χ4n) is 2.75. The molecule has 6 heteroatoms. The lowest BCUT2D eigenvalue weighted by Crippen LogP contribution is -2.50. The number of nitrogens with one attached hydrogen (secondary N) is 2. The lowest BCUT2D eigenvalue weighted by Gasteiger charge is -2.30. The van der Waals surface area contributed by atoms with Crippen molar-refractivity contribution in [2.45, 2.75) is 25.8 Å². The lowest BCUT2D eigenvalue weighted by atomic mass is 9.95. The van der Waals surface area contributed by atoms with Crippen molar-refractivity contribution < 1.29 is 9.18 Å². The highest BCUT2D eigenvalue weighted by Crippen LogP contribution is 2.24. The van der Waals surface area contributed by atoms with Crippen LogP contribution >= 0.6 is 11.3 Å². The Morgan fingerprint density at radius 2 is 2.39 bits per heavy atom. The van der Waals surface area contributed by atoms with Gasteiger partial charge in [0, 0.05) is 23.5 Å². The summed E-state index contributed by atoms with van der Waals surface area (Å²) in [4.78, 5) is 16.6. The maximum Gasteiger partial charge on any atom is 0.226 e. The van der Waals surface area contributed by atoms with E-state index in [1.165, 1.54) is 23.5 Å². The van der Waals surface area contributed by atoms with Gasteiger partial charge in [-0.15, -0.1) is 11.3 Å². The maximum atomic E-state index is 13.3. The summed E-state index contributed by atoms with van der Waals surface area (Å²) in [5.41, 5.74) is 1.47. The van der Waals surface area contributed by atoms with Gasteiger partial charge in [0.25, 0.3) is 0 Å². The molecule has 2 N–H and O–H groups in total. The van der Waals surface area contributed by atoms with E-state index in [0.717, 1.165) is 35.8 Å². The van der Waals surface area contributed by atoms with Crippen LogP contribution in [0.3, 0.4) is 0 Å². The molecular formula is C17H20FN3OS. The van der Waals surface area contributed by atoms with Crippen molar-refractivity contribution in [3.05, 3.63) is 41.2 Å². The topological polar surface area (TPSA) is 54.0 Å². The van der Waals surface area contributed by atoms with Crippen LogP contribution in [-0.2, 0) is 11.2 Å². The van der Waals surface area contributed by atoms with Gasteiger partial charge in [-0.05, 0) is 31.0 Å². The predicted molar refractivity (Wildman–Crippen MR) is 89.8 cm³/mol. The smallest absolute Gasteiger partial charge is 0.226 e. The first-order valence-electron chi connectivity index (χ1n) is 7.82. The minimum absolute atomic E-state index is 0.0124. The van der Waals surface area contributed by atoms with Crippen LogP contribution in [0.25, 0.3) is 10.6 Å². The second-order valence-corrected chi connectivity index (χ2v) is 6.83. The first kappa shape index (κ1) is 16.1. The normalized spacial score (nSPS) is 21.1. The fraction of sp³-hybridized carbons (Fsp3) is 0.412. The number of thiazole rings is 1. The number of carbonyl (C=O) groups is 1. The molecule has 2 atom stereocenters. The first-order valence-corrected chi connectivity index (χ1v) is 8.70. The van der Waals surface area contributed by atoms with Crippen LogP contribution in [0, 0.1) is 11.7 Å². The van der Waals surface area contributed by atoms with Gasteiger partial charge in [-0.2, -0.15) is 0 Å². The van der Waals surface area contributed by atoms with Gasteiger partial charge < -0.3 is 10.6 Å². The lowest BCUT2D eigenvalue weighted by molar-refractivity contribution is -0.121. The summed E-state index contributed by atoms with van der Waals surface area (Å²) >= 11 is 1.43. The number of nitrogens with zero attached hydrogens (tertiary/aromatic N) is 1. The standard InChI is InChI=1S/C17H20FN3OS/c1-11-5-6-19-9-15(11)21-16(22)8-14-10-23-17(20-14)12-3-2-4-13(18)7-12/h2-4,7,10-11,15,19H,5-6,8-9H2,1H3,(H,21,22). The largest absolute Gasteiger partial charge is 0.351 e. The van der Waals surface area contributed by atoms with Gasteiger partial charge >= 0.3 is 0 Å². The number of hydrogen-bond acceptors (Lipinski definition) is 4. The van der Waals surface area contributed by atoms with Gasteiger partial charge in [0.2, 0.25) is 5.91 Å². The van der Waals surface area contributed by atoms with E-state index in [2.05, 4.69) is 22.5 Å². The molecule has 0 saturated carbocycles. The Labute approximate surface area is 139 Å². The van der Waals surface area contributed by atoms with Crippen LogP contribution < -0.4 is 10.6 Å². The van der Waals surface area contributed by atoms with Crippen LogP contribution in [-0.4, -0.2) is 30.0 Å². The quantitative estimate of drug-likeness (QED) is 0.904. The third-order valence-electron chi connectivity index (χ3n) is 4.14. The second-order valence-electron chi connectivity index (χ2n) is 5.98. The number of carbonyl (C=O) groups excluding carboxylic acids is 1. The number of hydrogen-bond donors (Lipinski definition) is 2. The third-order valence-corrected chi connectivity index (χ3v) is 5.08. The zero-order valence-corrected chi connectivity index (χ0v) is 13.8. The second kappa shape index (κ2) is 7.19. The van der Waals surface area contributed by atoms with E-state index in [1.54, 1.807) is 6.07 Å². The van der Waals surface area contributed by atoms with Gasteiger partial charge in [-0.25, -0.2) is 9.37 Å². The molecule has 1 amide bonds. The van der Waals surface area contributed by atoms with E-state index >= 15 is 0 Å². The van der Waals surface area contributed by atoms with E-state index < -0.39 is 0 Å². The summed E-state index contributed by atoms with van der Waals surface area (Å²) in [6.45, 7) is 3.99. The number of benzene rings is 1. The SMILES string of the molecule is CC1CCNCC1NC(=O)Cc1csc(-c2cccc(F)c2)n1. The molecule has 122 valence electrons. The molecule has 0 bridgehead atoms. The van der Waals surface area contributed by atoms with Crippen molar-refractivity contribution >= 4 is 17.2 Å². The molecule has 2 aromatic rings. The zero-order valence-electron chi connectivity index (χ0n) is 13.0. The van der Waals surface area contributed by atoms with Gasteiger partial charge in [-0.1, -0.05) is 19.1 Å².